The van der Waals surface area contributed by atoms with E-state index >= 15 is 0 Å². The largest absolute Gasteiger partial charge is 0.449 e. The van der Waals surface area contributed by atoms with Gasteiger partial charge < -0.3 is 19.7 Å². The van der Waals surface area contributed by atoms with E-state index in [9.17, 15) is 19.7 Å². The summed E-state index contributed by atoms with van der Waals surface area (Å²) < 4.78 is 10.6. The highest BCUT2D eigenvalue weighted by Gasteiger charge is 2.28. The van der Waals surface area contributed by atoms with Gasteiger partial charge in [0.1, 0.15) is 5.69 Å². The molecule has 1 heterocycles. The van der Waals surface area contributed by atoms with Crippen molar-refractivity contribution in [1.82, 2.24) is 5.32 Å². The summed E-state index contributed by atoms with van der Waals surface area (Å²) >= 11 is 0. The maximum Gasteiger partial charge on any atom is 0.339 e. The van der Waals surface area contributed by atoms with Crippen LogP contribution in [-0.4, -0.2) is 55.2 Å². The highest BCUT2D eigenvalue weighted by Crippen LogP contribution is 2.30. The molecule has 1 aliphatic heterocycles. The molecule has 2 fully saturated rings. The molecule has 1 aliphatic carbocycles. The second kappa shape index (κ2) is 9.88. The summed E-state index contributed by atoms with van der Waals surface area (Å²) in [6.07, 6.45) is 3.24. The molecule has 1 N–H and O–H groups in total. The molecule has 0 unspecified atom stereocenters. The van der Waals surface area contributed by atoms with Crippen molar-refractivity contribution in [3.63, 3.8) is 0 Å². The van der Waals surface area contributed by atoms with Gasteiger partial charge in [0.05, 0.1) is 23.7 Å². The minimum absolute atomic E-state index is 0.0457. The summed E-state index contributed by atoms with van der Waals surface area (Å²) in [5.74, 6) is -0.714. The molecule has 9 nitrogen and oxygen atoms in total. The predicted molar refractivity (Wildman–Crippen MR) is 111 cm³/mol. The maximum absolute atomic E-state index is 12.5. The van der Waals surface area contributed by atoms with Crippen LogP contribution < -0.4 is 10.2 Å². The molecule has 1 aromatic carbocycles. The zero-order valence-electron chi connectivity index (χ0n) is 17.5. The SMILES string of the molecule is C[C@@H](OC(=O)c1ccc(N2CCOCC2)c([N+](=O)[O-])c1)C(=O)N[C@@H]1CCCC[C@@H]1C. The summed E-state index contributed by atoms with van der Waals surface area (Å²) in [6.45, 7) is 5.69. The average Bonchev–Trinajstić information content (AvgIpc) is 2.75. The topological polar surface area (TPSA) is 111 Å². The van der Waals surface area contributed by atoms with Crippen molar-refractivity contribution in [2.24, 2.45) is 5.92 Å². The lowest BCUT2D eigenvalue weighted by Gasteiger charge is -2.30. The molecule has 30 heavy (non-hydrogen) atoms. The van der Waals surface area contributed by atoms with Crippen molar-refractivity contribution in [3.05, 3.63) is 33.9 Å². The first-order chi connectivity index (χ1) is 14.4. The highest BCUT2D eigenvalue weighted by molar-refractivity contribution is 5.93. The first-order valence-corrected chi connectivity index (χ1v) is 10.5. The van der Waals surface area contributed by atoms with Crippen molar-refractivity contribution in [2.75, 3.05) is 31.2 Å². The Balaban J connectivity index is 1.66. The standard InChI is InChI=1S/C21H29N3O6/c1-14-5-3-4-6-17(14)22-20(25)15(2)30-21(26)16-7-8-18(19(13-16)24(27)28)23-9-11-29-12-10-23/h7-8,13-15,17H,3-6,9-12H2,1-2H3,(H,22,25)/t14-,15+,17+/m0/s1. The fourth-order valence-electron chi connectivity index (χ4n) is 3.98. The fourth-order valence-corrected chi connectivity index (χ4v) is 3.98. The van der Waals surface area contributed by atoms with Crippen LogP contribution in [0.2, 0.25) is 0 Å². The van der Waals surface area contributed by atoms with Crippen LogP contribution in [0.15, 0.2) is 18.2 Å². The monoisotopic (exact) mass is 419 g/mol. The molecular formula is C21H29N3O6. The molecule has 0 aromatic heterocycles. The number of ether oxygens (including phenoxy) is 2. The number of esters is 1. The number of carbonyl (C=O) groups excluding carboxylic acids is 2. The molecule has 164 valence electrons. The van der Waals surface area contributed by atoms with E-state index < -0.39 is 17.0 Å². The van der Waals surface area contributed by atoms with Gasteiger partial charge in [0.15, 0.2) is 6.10 Å². The second-order valence-corrected chi connectivity index (χ2v) is 7.98. The molecule has 0 radical (unpaired) electrons. The van der Waals surface area contributed by atoms with E-state index in [1.165, 1.54) is 19.1 Å². The zero-order valence-corrected chi connectivity index (χ0v) is 17.5. The van der Waals surface area contributed by atoms with E-state index in [0.29, 0.717) is 37.9 Å². The van der Waals surface area contributed by atoms with Gasteiger partial charge in [-0.05, 0) is 37.8 Å². The molecule has 2 aliphatic rings. The molecule has 1 saturated heterocycles. The Hall–Kier alpha value is -2.68. The van der Waals surface area contributed by atoms with Crippen LogP contribution in [-0.2, 0) is 14.3 Å². The molecule has 0 spiro atoms. The summed E-state index contributed by atoms with van der Waals surface area (Å²) in [6, 6.07) is 4.34. The number of nitrogens with zero attached hydrogens (tertiary/aromatic N) is 2. The molecule has 1 saturated carbocycles. The van der Waals surface area contributed by atoms with Gasteiger partial charge in [-0.1, -0.05) is 19.8 Å². The van der Waals surface area contributed by atoms with Gasteiger partial charge in [0.25, 0.3) is 11.6 Å². The Morgan fingerprint density at radius 1 is 1.27 bits per heavy atom. The van der Waals surface area contributed by atoms with E-state index in [-0.39, 0.29) is 23.2 Å². The lowest BCUT2D eigenvalue weighted by atomic mass is 9.86. The third kappa shape index (κ3) is 5.27. The van der Waals surface area contributed by atoms with E-state index in [2.05, 4.69) is 12.2 Å². The van der Waals surface area contributed by atoms with Gasteiger partial charge >= 0.3 is 5.97 Å². The number of benzene rings is 1. The van der Waals surface area contributed by atoms with Crippen LogP contribution in [0.25, 0.3) is 0 Å². The highest BCUT2D eigenvalue weighted by atomic mass is 16.6. The first kappa shape index (κ1) is 22.0. The third-order valence-electron chi connectivity index (χ3n) is 5.85. The molecule has 0 bridgehead atoms. The van der Waals surface area contributed by atoms with Gasteiger partial charge in [0.2, 0.25) is 0 Å². The summed E-state index contributed by atoms with van der Waals surface area (Å²) in [5, 5.41) is 14.5. The van der Waals surface area contributed by atoms with E-state index in [0.717, 1.165) is 25.7 Å². The number of rotatable bonds is 6. The fraction of sp³-hybridized carbons (Fsp3) is 0.619. The van der Waals surface area contributed by atoms with Gasteiger partial charge in [-0.3, -0.25) is 14.9 Å². The number of anilines is 1. The minimum Gasteiger partial charge on any atom is -0.449 e. The van der Waals surface area contributed by atoms with Crippen LogP contribution in [0.5, 0.6) is 0 Å². The Morgan fingerprint density at radius 2 is 1.97 bits per heavy atom. The van der Waals surface area contributed by atoms with E-state index in [1.807, 2.05) is 4.90 Å². The second-order valence-electron chi connectivity index (χ2n) is 7.98. The smallest absolute Gasteiger partial charge is 0.339 e. The quantitative estimate of drug-likeness (QED) is 0.429. The van der Waals surface area contributed by atoms with Gasteiger partial charge in [-0.2, -0.15) is 0 Å². The molecular weight excluding hydrogens is 390 g/mol. The molecule has 3 atom stereocenters. The Labute approximate surface area is 175 Å². The normalized spacial score (nSPS) is 22.8. The number of morpholine rings is 1. The summed E-state index contributed by atoms with van der Waals surface area (Å²) in [5.41, 5.74) is 0.320. The minimum atomic E-state index is -0.982. The number of hydrogen-bond acceptors (Lipinski definition) is 7. The molecule has 1 aromatic rings. The van der Waals surface area contributed by atoms with Crippen molar-refractivity contribution in [1.29, 1.82) is 0 Å². The van der Waals surface area contributed by atoms with E-state index in [4.69, 9.17) is 9.47 Å². The maximum atomic E-state index is 12.5. The first-order valence-electron chi connectivity index (χ1n) is 10.5. The number of nitrogens with one attached hydrogen (secondary N) is 1. The van der Waals surface area contributed by atoms with Gasteiger partial charge in [-0.15, -0.1) is 0 Å². The summed E-state index contributed by atoms with van der Waals surface area (Å²) in [7, 11) is 0. The van der Waals surface area contributed by atoms with Crippen LogP contribution in [0.4, 0.5) is 11.4 Å². The number of nitro benzene ring substituents is 1. The van der Waals surface area contributed by atoms with Gasteiger partial charge in [-0.25, -0.2) is 4.79 Å². The Morgan fingerprint density at radius 3 is 2.63 bits per heavy atom. The molecule has 9 heteroatoms. The molecule has 3 rings (SSSR count). The lowest BCUT2D eigenvalue weighted by Crippen LogP contribution is -2.46. The van der Waals surface area contributed by atoms with Crippen molar-refractivity contribution >= 4 is 23.3 Å². The zero-order chi connectivity index (χ0) is 21.7. The van der Waals surface area contributed by atoms with Crippen molar-refractivity contribution in [3.8, 4) is 0 Å². The Bertz CT molecular complexity index is 793. The Kier molecular flexibility index (Phi) is 7.25. The van der Waals surface area contributed by atoms with Crippen LogP contribution >= 0.6 is 0 Å². The third-order valence-corrected chi connectivity index (χ3v) is 5.85. The van der Waals surface area contributed by atoms with Crippen LogP contribution in [0.1, 0.15) is 49.9 Å². The lowest BCUT2D eigenvalue weighted by molar-refractivity contribution is -0.384. The average molecular weight is 419 g/mol. The number of nitro groups is 1. The van der Waals surface area contributed by atoms with Crippen molar-refractivity contribution < 1.29 is 24.0 Å². The van der Waals surface area contributed by atoms with E-state index in [1.54, 1.807) is 6.07 Å². The number of hydrogen-bond donors (Lipinski definition) is 1. The van der Waals surface area contributed by atoms with Crippen molar-refractivity contribution in [2.45, 2.75) is 51.7 Å². The van der Waals surface area contributed by atoms with Crippen LogP contribution in [0.3, 0.4) is 0 Å². The molecule has 1 amide bonds. The number of amides is 1. The number of carbonyl (C=O) groups is 2. The predicted octanol–water partition coefficient (Wildman–Crippen LogP) is 2.67. The van der Waals surface area contributed by atoms with Crippen LogP contribution in [0, 0.1) is 16.0 Å². The van der Waals surface area contributed by atoms with Gasteiger partial charge in [0, 0.05) is 25.2 Å². The summed E-state index contributed by atoms with van der Waals surface area (Å²) in [4.78, 5) is 37.9.